The second-order valence-corrected chi connectivity index (χ2v) is 12.1. The van der Waals surface area contributed by atoms with E-state index in [4.69, 9.17) is 4.42 Å². The summed E-state index contributed by atoms with van der Waals surface area (Å²) in [6.07, 6.45) is 6.16. The fraction of sp³-hybridized carbons (Fsp3) is 0.267. The number of sulfonamides is 1. The van der Waals surface area contributed by atoms with Crippen LogP contribution in [0.4, 0.5) is 10.1 Å². The summed E-state index contributed by atoms with van der Waals surface area (Å²) in [5.74, 6) is -0.0717. The van der Waals surface area contributed by atoms with Gasteiger partial charge in [0.2, 0.25) is 10.0 Å². The number of imidazole rings is 1. The smallest absolute Gasteiger partial charge is 0.289 e. The van der Waals surface area contributed by atoms with Gasteiger partial charge in [0.25, 0.3) is 11.8 Å². The molecule has 2 N–H and O–H groups in total. The molecule has 1 fully saturated rings. The molecule has 0 aliphatic carbocycles. The number of nitrogens with zero attached hydrogens (tertiary/aromatic N) is 4. The van der Waals surface area contributed by atoms with Crippen molar-refractivity contribution in [2.45, 2.75) is 19.3 Å². The Morgan fingerprint density at radius 1 is 1.07 bits per heavy atom. The summed E-state index contributed by atoms with van der Waals surface area (Å²) in [5.41, 5.74) is 3.03. The molecule has 2 amide bonds. The Kier molecular flexibility index (Phi) is 8.44. The zero-order valence-electron chi connectivity index (χ0n) is 23.9. The molecule has 0 atom stereocenters. The standard InChI is InChI=1S/C18H17FN2O4S.C12H14N4O/c1-20-18(22)16-14-9-8-13(21(2)26(3,23)24)10-15(14)25-17(16)11-4-6-12(19)7-5-11;17-12(16-7-2-1-3-8-16)11-14-9-5-4-6-13-10(9)15-11/h4-10H,1-3H3,(H,20,22);4-6H,1-3,7-8H2,(H,13,14,15). The summed E-state index contributed by atoms with van der Waals surface area (Å²) in [5, 5.41) is 3.10. The number of hydrogen-bond donors (Lipinski definition) is 2. The normalized spacial score (nSPS) is 13.4. The zero-order valence-corrected chi connectivity index (χ0v) is 24.7. The van der Waals surface area contributed by atoms with Crippen LogP contribution in [0.1, 0.15) is 40.2 Å². The molecule has 224 valence electrons. The van der Waals surface area contributed by atoms with Gasteiger partial charge in [0.15, 0.2) is 11.5 Å². The first-order valence-electron chi connectivity index (χ1n) is 13.7. The second kappa shape index (κ2) is 12.2. The van der Waals surface area contributed by atoms with Crippen LogP contribution in [0.2, 0.25) is 0 Å². The number of hydrogen-bond acceptors (Lipinski definition) is 7. The number of nitrogens with one attached hydrogen (secondary N) is 2. The number of piperidine rings is 1. The van der Waals surface area contributed by atoms with Crippen LogP contribution in [-0.4, -0.2) is 73.5 Å². The number of likely N-dealkylation sites (tertiary alicyclic amines) is 1. The van der Waals surface area contributed by atoms with Crippen molar-refractivity contribution in [1.82, 2.24) is 25.2 Å². The molecule has 0 spiro atoms. The zero-order chi connectivity index (χ0) is 30.7. The van der Waals surface area contributed by atoms with E-state index in [0.29, 0.717) is 45.0 Å². The molecule has 5 aromatic rings. The van der Waals surface area contributed by atoms with Crippen LogP contribution in [-0.2, 0) is 10.0 Å². The molecule has 43 heavy (non-hydrogen) atoms. The van der Waals surface area contributed by atoms with Crippen molar-refractivity contribution < 1.29 is 26.8 Å². The molecule has 2 aromatic carbocycles. The number of aromatic nitrogens is 3. The van der Waals surface area contributed by atoms with Crippen LogP contribution in [0.3, 0.4) is 0 Å². The van der Waals surface area contributed by atoms with E-state index in [1.54, 1.807) is 24.4 Å². The van der Waals surface area contributed by atoms with Gasteiger partial charge in [-0.3, -0.25) is 13.9 Å². The fourth-order valence-corrected chi connectivity index (χ4v) is 5.32. The van der Waals surface area contributed by atoms with Gasteiger partial charge in [0.1, 0.15) is 17.2 Å². The third-order valence-corrected chi connectivity index (χ3v) is 8.40. The number of halogens is 1. The summed E-state index contributed by atoms with van der Waals surface area (Å²) in [6, 6.07) is 14.1. The molecule has 0 saturated carbocycles. The molecule has 1 aliphatic heterocycles. The van der Waals surface area contributed by atoms with E-state index in [9.17, 15) is 22.4 Å². The Labute approximate surface area is 247 Å². The summed E-state index contributed by atoms with van der Waals surface area (Å²) in [7, 11) is -0.503. The highest BCUT2D eigenvalue weighted by atomic mass is 32.2. The van der Waals surface area contributed by atoms with Gasteiger partial charge in [-0.2, -0.15) is 0 Å². The number of H-pyrrole nitrogens is 1. The number of rotatable bonds is 5. The fourth-order valence-electron chi connectivity index (χ4n) is 4.82. The van der Waals surface area contributed by atoms with Crippen LogP contribution in [0.5, 0.6) is 0 Å². The number of benzene rings is 2. The minimum Gasteiger partial charge on any atom is -0.455 e. The summed E-state index contributed by atoms with van der Waals surface area (Å²) >= 11 is 0. The lowest BCUT2D eigenvalue weighted by Gasteiger charge is -2.25. The molecule has 0 bridgehead atoms. The Bertz CT molecular complexity index is 1860. The highest BCUT2D eigenvalue weighted by Crippen LogP contribution is 2.36. The maximum absolute atomic E-state index is 13.2. The number of carbonyl (C=O) groups excluding carboxylic acids is 2. The van der Waals surface area contributed by atoms with Crippen molar-refractivity contribution >= 4 is 49.7 Å². The largest absolute Gasteiger partial charge is 0.455 e. The topological polar surface area (TPSA) is 142 Å². The van der Waals surface area contributed by atoms with E-state index in [1.165, 1.54) is 44.8 Å². The Balaban J connectivity index is 0.000000186. The number of carbonyl (C=O) groups is 2. The van der Waals surface area contributed by atoms with Crippen LogP contribution < -0.4 is 9.62 Å². The minimum atomic E-state index is -3.44. The van der Waals surface area contributed by atoms with Crippen molar-refractivity contribution in [1.29, 1.82) is 0 Å². The average Bonchev–Trinajstić information content (AvgIpc) is 3.62. The van der Waals surface area contributed by atoms with E-state index in [0.717, 1.165) is 42.0 Å². The predicted molar refractivity (Wildman–Crippen MR) is 162 cm³/mol. The van der Waals surface area contributed by atoms with Gasteiger partial charge in [-0.25, -0.2) is 22.8 Å². The quantitative estimate of drug-likeness (QED) is 0.298. The number of amides is 2. The van der Waals surface area contributed by atoms with Gasteiger partial charge >= 0.3 is 0 Å². The van der Waals surface area contributed by atoms with Crippen molar-refractivity contribution in [3.63, 3.8) is 0 Å². The molecule has 0 radical (unpaired) electrons. The predicted octanol–water partition coefficient (Wildman–Crippen LogP) is 4.58. The number of anilines is 1. The summed E-state index contributed by atoms with van der Waals surface area (Å²) < 4.78 is 43.7. The highest BCUT2D eigenvalue weighted by Gasteiger charge is 2.23. The minimum absolute atomic E-state index is 0.0114. The van der Waals surface area contributed by atoms with Crippen LogP contribution in [0.25, 0.3) is 33.5 Å². The third kappa shape index (κ3) is 6.36. The van der Waals surface area contributed by atoms with Gasteiger partial charge in [-0.05, 0) is 67.8 Å². The molecule has 4 heterocycles. The number of pyridine rings is 1. The van der Waals surface area contributed by atoms with Crippen molar-refractivity contribution in [2.24, 2.45) is 0 Å². The lowest BCUT2D eigenvalue weighted by Crippen LogP contribution is -2.36. The SMILES string of the molecule is CNC(=O)c1c(-c2ccc(F)cc2)oc2cc(N(C)S(C)(=O)=O)ccc12.O=C(c1nc2ncccc2[nH]1)N1CCCCC1. The highest BCUT2D eigenvalue weighted by molar-refractivity contribution is 7.92. The van der Waals surface area contributed by atoms with E-state index >= 15 is 0 Å². The first kappa shape index (κ1) is 29.7. The van der Waals surface area contributed by atoms with E-state index in [2.05, 4.69) is 20.3 Å². The van der Waals surface area contributed by atoms with Gasteiger partial charge in [0.05, 0.1) is 23.0 Å². The summed E-state index contributed by atoms with van der Waals surface area (Å²) in [4.78, 5) is 37.8. The first-order valence-corrected chi connectivity index (χ1v) is 15.5. The van der Waals surface area contributed by atoms with Gasteiger partial charge < -0.3 is 19.6 Å². The molecule has 6 rings (SSSR count). The first-order chi connectivity index (χ1) is 20.6. The maximum atomic E-state index is 13.2. The lowest BCUT2D eigenvalue weighted by atomic mass is 10.0. The van der Waals surface area contributed by atoms with E-state index in [-0.39, 0.29) is 11.8 Å². The third-order valence-electron chi connectivity index (χ3n) is 7.20. The maximum Gasteiger partial charge on any atom is 0.289 e. The van der Waals surface area contributed by atoms with Gasteiger partial charge in [-0.1, -0.05) is 0 Å². The molecule has 11 nitrogen and oxygen atoms in total. The van der Waals surface area contributed by atoms with Crippen LogP contribution in [0.15, 0.2) is 65.2 Å². The Morgan fingerprint density at radius 3 is 2.44 bits per heavy atom. The summed E-state index contributed by atoms with van der Waals surface area (Å²) in [6.45, 7) is 1.67. The van der Waals surface area contributed by atoms with Gasteiger partial charge in [-0.15, -0.1) is 0 Å². The molecular formula is C30H31FN6O5S. The second-order valence-electron chi connectivity index (χ2n) is 10.1. The van der Waals surface area contributed by atoms with Crippen molar-refractivity contribution in [2.75, 3.05) is 37.7 Å². The molecule has 1 aliphatic rings. The Morgan fingerprint density at radius 2 is 1.79 bits per heavy atom. The molecule has 3 aromatic heterocycles. The van der Waals surface area contributed by atoms with Gasteiger partial charge in [0, 0.05) is 50.4 Å². The Hall–Kier alpha value is -4.78. The number of fused-ring (bicyclic) bond motifs is 2. The monoisotopic (exact) mass is 606 g/mol. The number of aromatic amines is 1. The van der Waals surface area contributed by atoms with Crippen molar-refractivity contribution in [3.05, 3.63) is 78.0 Å². The molecular weight excluding hydrogens is 575 g/mol. The molecule has 0 unspecified atom stereocenters. The number of furan rings is 1. The molecule has 13 heteroatoms. The van der Waals surface area contributed by atoms with E-state index in [1.807, 2.05) is 17.0 Å². The average molecular weight is 607 g/mol. The van der Waals surface area contributed by atoms with Crippen LogP contribution >= 0.6 is 0 Å². The molecule has 1 saturated heterocycles. The van der Waals surface area contributed by atoms with E-state index < -0.39 is 15.8 Å². The lowest BCUT2D eigenvalue weighted by molar-refractivity contribution is 0.0713. The van der Waals surface area contributed by atoms with Crippen LogP contribution in [0, 0.1) is 5.82 Å². The van der Waals surface area contributed by atoms with Crippen molar-refractivity contribution in [3.8, 4) is 11.3 Å².